The number of rotatable bonds is 6. The van der Waals surface area contributed by atoms with Crippen LogP contribution in [-0.2, 0) is 11.3 Å². The van der Waals surface area contributed by atoms with Gasteiger partial charge in [-0.3, -0.25) is 4.99 Å². The summed E-state index contributed by atoms with van der Waals surface area (Å²) < 4.78 is 4.99. The number of benzene rings is 2. The number of ether oxygens (including phenoxy) is 1. The van der Waals surface area contributed by atoms with Gasteiger partial charge >= 0.3 is 5.97 Å². The maximum atomic E-state index is 11.7. The molecule has 0 amide bonds. The van der Waals surface area contributed by atoms with E-state index in [1.807, 2.05) is 30.3 Å². The van der Waals surface area contributed by atoms with E-state index < -0.39 is 0 Å². The van der Waals surface area contributed by atoms with Crippen molar-refractivity contribution in [1.82, 2.24) is 10.6 Å². The molecule has 0 bridgehead atoms. The normalized spacial score (nSPS) is 11.9. The van der Waals surface area contributed by atoms with E-state index in [1.165, 1.54) is 5.56 Å². The van der Waals surface area contributed by atoms with Crippen molar-refractivity contribution >= 4 is 35.9 Å². The van der Waals surface area contributed by atoms with E-state index >= 15 is 0 Å². The average Bonchev–Trinajstić information content (AvgIpc) is 2.66. The van der Waals surface area contributed by atoms with Gasteiger partial charge in [-0.15, -0.1) is 24.0 Å². The third kappa shape index (κ3) is 6.67. The number of hydrogen-bond acceptors (Lipinski definition) is 3. The fourth-order valence-electron chi connectivity index (χ4n) is 2.38. The first kappa shape index (κ1) is 22.0. The number of nitrogens with zero attached hydrogens (tertiary/aromatic N) is 1. The molecule has 5 nitrogen and oxygen atoms in total. The maximum absolute atomic E-state index is 11.7. The predicted molar refractivity (Wildman–Crippen MR) is 116 cm³/mol. The molecular formula is C20H26IN3O2. The SMILES string of the molecule is CCOC(=O)c1ccc(CNC(=NC)NC(C)c2ccccc2)cc1.I. The number of aliphatic imine (C=N–C) groups is 1. The second-order valence-electron chi connectivity index (χ2n) is 5.62. The highest BCUT2D eigenvalue weighted by Gasteiger charge is 2.08. The molecule has 26 heavy (non-hydrogen) atoms. The van der Waals surface area contributed by atoms with Crippen LogP contribution in [0.5, 0.6) is 0 Å². The Labute approximate surface area is 172 Å². The monoisotopic (exact) mass is 467 g/mol. The second-order valence-corrected chi connectivity index (χ2v) is 5.62. The molecule has 2 N–H and O–H groups in total. The van der Waals surface area contributed by atoms with E-state index in [9.17, 15) is 4.79 Å². The standard InChI is InChI=1S/C20H25N3O2.HI/c1-4-25-19(24)18-12-10-16(11-13-18)14-22-20(21-3)23-15(2)17-8-6-5-7-9-17;/h5-13,15H,4,14H2,1-3H3,(H2,21,22,23);1H. The molecule has 0 fully saturated rings. The minimum Gasteiger partial charge on any atom is -0.462 e. The molecule has 1 atom stereocenters. The zero-order valence-electron chi connectivity index (χ0n) is 15.4. The number of carbonyl (C=O) groups excluding carboxylic acids is 1. The fourth-order valence-corrected chi connectivity index (χ4v) is 2.38. The molecule has 0 heterocycles. The zero-order valence-corrected chi connectivity index (χ0v) is 17.7. The summed E-state index contributed by atoms with van der Waals surface area (Å²) in [5, 5.41) is 6.65. The Balaban J connectivity index is 0.00000338. The van der Waals surface area contributed by atoms with E-state index in [2.05, 4.69) is 34.7 Å². The highest BCUT2D eigenvalue weighted by molar-refractivity contribution is 14.0. The van der Waals surface area contributed by atoms with Crippen molar-refractivity contribution in [2.24, 2.45) is 4.99 Å². The van der Waals surface area contributed by atoms with E-state index in [0.717, 1.165) is 11.5 Å². The van der Waals surface area contributed by atoms with Gasteiger partial charge in [-0.25, -0.2) is 4.79 Å². The van der Waals surface area contributed by atoms with Gasteiger partial charge in [0.05, 0.1) is 18.2 Å². The Bertz CT molecular complexity index is 703. The summed E-state index contributed by atoms with van der Waals surface area (Å²) in [4.78, 5) is 15.9. The van der Waals surface area contributed by atoms with Gasteiger partial charge in [0.1, 0.15) is 0 Å². The van der Waals surface area contributed by atoms with Crippen LogP contribution in [-0.4, -0.2) is 25.6 Å². The lowest BCUT2D eigenvalue weighted by Crippen LogP contribution is -2.38. The Hall–Kier alpha value is -2.09. The quantitative estimate of drug-likeness (QED) is 0.293. The van der Waals surface area contributed by atoms with Crippen molar-refractivity contribution in [2.75, 3.05) is 13.7 Å². The van der Waals surface area contributed by atoms with Gasteiger partial charge in [-0.05, 0) is 37.1 Å². The number of esters is 1. The van der Waals surface area contributed by atoms with Crippen molar-refractivity contribution in [3.05, 3.63) is 71.3 Å². The lowest BCUT2D eigenvalue weighted by Gasteiger charge is -2.18. The van der Waals surface area contributed by atoms with Gasteiger partial charge in [-0.1, -0.05) is 42.5 Å². The molecule has 1 unspecified atom stereocenters. The van der Waals surface area contributed by atoms with Gasteiger partial charge in [0.2, 0.25) is 0 Å². The molecule has 0 aliphatic heterocycles. The molecular weight excluding hydrogens is 441 g/mol. The fraction of sp³-hybridized carbons (Fsp3) is 0.300. The molecule has 0 aliphatic carbocycles. The molecule has 0 radical (unpaired) electrons. The van der Waals surface area contributed by atoms with Crippen LogP contribution in [0, 0.1) is 0 Å². The summed E-state index contributed by atoms with van der Waals surface area (Å²) in [6.45, 7) is 4.88. The molecule has 0 spiro atoms. The van der Waals surface area contributed by atoms with Crippen LogP contribution in [0.15, 0.2) is 59.6 Å². The highest BCUT2D eigenvalue weighted by atomic mass is 127. The van der Waals surface area contributed by atoms with Gasteiger partial charge in [0.25, 0.3) is 0 Å². The number of halogens is 1. The van der Waals surface area contributed by atoms with Crippen LogP contribution < -0.4 is 10.6 Å². The third-order valence-corrected chi connectivity index (χ3v) is 3.80. The zero-order chi connectivity index (χ0) is 18.1. The van der Waals surface area contributed by atoms with Crippen LogP contribution in [0.25, 0.3) is 0 Å². The summed E-state index contributed by atoms with van der Waals surface area (Å²) in [6, 6.07) is 17.7. The van der Waals surface area contributed by atoms with E-state index in [0.29, 0.717) is 18.7 Å². The van der Waals surface area contributed by atoms with Crippen molar-refractivity contribution in [3.63, 3.8) is 0 Å². The van der Waals surface area contributed by atoms with Gasteiger partial charge in [0.15, 0.2) is 5.96 Å². The summed E-state index contributed by atoms with van der Waals surface area (Å²) in [5.41, 5.74) is 2.82. The second kappa shape index (κ2) is 11.5. The molecule has 140 valence electrons. The number of nitrogens with one attached hydrogen (secondary N) is 2. The van der Waals surface area contributed by atoms with Crippen LogP contribution >= 0.6 is 24.0 Å². The van der Waals surface area contributed by atoms with Crippen LogP contribution in [0.1, 0.15) is 41.4 Å². The largest absolute Gasteiger partial charge is 0.462 e. The molecule has 0 saturated carbocycles. The first-order valence-electron chi connectivity index (χ1n) is 8.42. The maximum Gasteiger partial charge on any atom is 0.338 e. The minimum absolute atomic E-state index is 0. The first-order chi connectivity index (χ1) is 12.1. The Morgan fingerprint density at radius 2 is 1.77 bits per heavy atom. The smallest absolute Gasteiger partial charge is 0.338 e. The average molecular weight is 467 g/mol. The number of hydrogen-bond donors (Lipinski definition) is 2. The molecule has 2 aromatic rings. The molecule has 6 heteroatoms. The topological polar surface area (TPSA) is 62.7 Å². The van der Waals surface area contributed by atoms with Gasteiger partial charge in [0, 0.05) is 13.6 Å². The van der Waals surface area contributed by atoms with Crippen LogP contribution in [0.3, 0.4) is 0 Å². The number of guanidine groups is 1. The van der Waals surface area contributed by atoms with Crippen molar-refractivity contribution < 1.29 is 9.53 Å². The Morgan fingerprint density at radius 1 is 1.12 bits per heavy atom. The van der Waals surface area contributed by atoms with Gasteiger partial charge in [-0.2, -0.15) is 0 Å². The van der Waals surface area contributed by atoms with E-state index in [4.69, 9.17) is 4.74 Å². The Kier molecular flexibility index (Phi) is 9.72. The molecule has 0 aromatic heterocycles. The molecule has 0 saturated heterocycles. The van der Waals surface area contributed by atoms with E-state index in [-0.39, 0.29) is 36.0 Å². The first-order valence-corrected chi connectivity index (χ1v) is 8.42. The van der Waals surface area contributed by atoms with Crippen LogP contribution in [0.4, 0.5) is 0 Å². The molecule has 2 aromatic carbocycles. The van der Waals surface area contributed by atoms with Crippen molar-refractivity contribution in [1.29, 1.82) is 0 Å². The van der Waals surface area contributed by atoms with Crippen molar-refractivity contribution in [3.8, 4) is 0 Å². The lowest BCUT2D eigenvalue weighted by molar-refractivity contribution is 0.0526. The predicted octanol–water partition coefficient (Wildman–Crippen LogP) is 3.91. The van der Waals surface area contributed by atoms with Gasteiger partial charge < -0.3 is 15.4 Å². The number of carbonyl (C=O) groups is 1. The third-order valence-electron chi connectivity index (χ3n) is 3.80. The molecule has 0 aliphatic rings. The Morgan fingerprint density at radius 3 is 2.35 bits per heavy atom. The molecule has 2 rings (SSSR count). The summed E-state index contributed by atoms with van der Waals surface area (Å²) in [7, 11) is 1.75. The van der Waals surface area contributed by atoms with Crippen molar-refractivity contribution in [2.45, 2.75) is 26.4 Å². The highest BCUT2D eigenvalue weighted by Crippen LogP contribution is 2.11. The summed E-state index contributed by atoms with van der Waals surface area (Å²) in [6.07, 6.45) is 0. The summed E-state index contributed by atoms with van der Waals surface area (Å²) in [5.74, 6) is 0.432. The van der Waals surface area contributed by atoms with E-state index in [1.54, 1.807) is 26.1 Å². The van der Waals surface area contributed by atoms with Crippen LogP contribution in [0.2, 0.25) is 0 Å². The lowest BCUT2D eigenvalue weighted by atomic mass is 10.1. The summed E-state index contributed by atoms with van der Waals surface area (Å²) >= 11 is 0. The minimum atomic E-state index is -0.295.